The third-order valence-electron chi connectivity index (χ3n) is 15.6. The van der Waals surface area contributed by atoms with E-state index in [0.29, 0.717) is 25.7 Å². The maximum absolute atomic E-state index is 13.0. The third-order valence-corrected chi connectivity index (χ3v) is 17.5. The number of carbonyl (C=O) groups is 4. The zero-order valence-electron chi connectivity index (χ0n) is 54.4. The van der Waals surface area contributed by atoms with Crippen LogP contribution < -0.4 is 0 Å². The molecular weight excluding hydrogens is 1110 g/mol. The summed E-state index contributed by atoms with van der Waals surface area (Å²) in [4.78, 5) is 72.2. The number of carbonyl (C=O) groups excluding carboxylic acids is 4. The smallest absolute Gasteiger partial charge is 0.462 e. The van der Waals surface area contributed by atoms with Crippen LogP contribution >= 0.6 is 15.6 Å². The second-order valence-electron chi connectivity index (χ2n) is 24.5. The van der Waals surface area contributed by atoms with E-state index in [1.54, 1.807) is 0 Å². The molecule has 0 aliphatic carbocycles. The van der Waals surface area contributed by atoms with Crippen LogP contribution in [-0.4, -0.2) is 96.7 Å². The van der Waals surface area contributed by atoms with Gasteiger partial charge in [-0.2, -0.15) is 0 Å². The number of phosphoric acid groups is 2. The maximum atomic E-state index is 13.0. The minimum atomic E-state index is -4.95. The topological polar surface area (TPSA) is 237 Å². The van der Waals surface area contributed by atoms with Crippen molar-refractivity contribution in [3.8, 4) is 0 Å². The molecule has 17 nitrogen and oxygen atoms in total. The Morgan fingerprint density at radius 2 is 0.607 bits per heavy atom. The van der Waals surface area contributed by atoms with Gasteiger partial charge in [0.25, 0.3) is 0 Å². The van der Waals surface area contributed by atoms with E-state index in [4.69, 9.17) is 37.0 Å². The van der Waals surface area contributed by atoms with Crippen molar-refractivity contribution in [2.75, 3.05) is 39.6 Å². The van der Waals surface area contributed by atoms with Crippen molar-refractivity contribution in [1.29, 1.82) is 0 Å². The lowest BCUT2D eigenvalue weighted by Gasteiger charge is -2.21. The lowest BCUT2D eigenvalue weighted by atomic mass is 9.99. The fraction of sp³-hybridized carbons (Fsp3) is 0.938. The molecule has 0 aromatic rings. The first-order valence-electron chi connectivity index (χ1n) is 33.9. The minimum absolute atomic E-state index is 0.102. The monoisotopic (exact) mass is 1240 g/mol. The van der Waals surface area contributed by atoms with Gasteiger partial charge in [-0.05, 0) is 43.4 Å². The molecule has 0 rings (SSSR count). The zero-order chi connectivity index (χ0) is 62.4. The Hall–Kier alpha value is -1.94. The van der Waals surface area contributed by atoms with Gasteiger partial charge in [-0.15, -0.1) is 0 Å². The van der Waals surface area contributed by atoms with Gasteiger partial charge < -0.3 is 33.8 Å². The summed E-state index contributed by atoms with van der Waals surface area (Å²) in [5.41, 5.74) is 0. The fourth-order valence-electron chi connectivity index (χ4n) is 9.59. The number of rotatable bonds is 63. The van der Waals surface area contributed by atoms with Crippen molar-refractivity contribution in [2.24, 2.45) is 17.8 Å². The number of phosphoric ester groups is 2. The highest BCUT2D eigenvalue weighted by molar-refractivity contribution is 7.47. The van der Waals surface area contributed by atoms with Crippen LogP contribution in [0.15, 0.2) is 0 Å². The molecule has 7 atom stereocenters. The van der Waals surface area contributed by atoms with Crippen LogP contribution in [0, 0.1) is 17.8 Å². The summed E-state index contributed by atoms with van der Waals surface area (Å²) in [5, 5.41) is 10.5. The normalized spacial score (nSPS) is 15.0. The average molecular weight is 1240 g/mol. The fourth-order valence-corrected chi connectivity index (χ4v) is 11.2. The number of unbranched alkanes of at least 4 members (excludes halogenated alkanes) is 29. The van der Waals surface area contributed by atoms with E-state index in [1.165, 1.54) is 122 Å². The molecule has 3 N–H and O–H groups in total. The molecule has 19 heteroatoms. The molecule has 84 heavy (non-hydrogen) atoms. The third kappa shape index (κ3) is 56.6. The molecule has 0 fully saturated rings. The van der Waals surface area contributed by atoms with Crippen molar-refractivity contribution in [1.82, 2.24) is 0 Å². The Balaban J connectivity index is 5.25. The van der Waals surface area contributed by atoms with Gasteiger partial charge in [-0.3, -0.25) is 37.3 Å². The van der Waals surface area contributed by atoms with Crippen LogP contribution in [0.2, 0.25) is 0 Å². The average Bonchev–Trinajstić information content (AvgIpc) is 3.48. The molecule has 0 aromatic carbocycles. The predicted molar refractivity (Wildman–Crippen MR) is 335 cm³/mol. The lowest BCUT2D eigenvalue weighted by Crippen LogP contribution is -2.30. The van der Waals surface area contributed by atoms with E-state index in [0.717, 1.165) is 114 Å². The van der Waals surface area contributed by atoms with E-state index >= 15 is 0 Å². The van der Waals surface area contributed by atoms with Crippen molar-refractivity contribution < 1.29 is 80.2 Å². The SMILES string of the molecule is CCCCCCCCCCC(=O)OC[C@H](COP(=O)(O)OC[C@H](O)COP(=O)(O)OC[C@@H](COC(=O)CCCCCCCCCCCC(C)C)OC(=O)CCCCCCCCCCCCC(C)CC)OC(=O)CCCCCCCCC(C)CC. The first kappa shape index (κ1) is 82.1. The second-order valence-corrected chi connectivity index (χ2v) is 27.4. The van der Waals surface area contributed by atoms with Crippen LogP contribution in [0.25, 0.3) is 0 Å². The number of ether oxygens (including phenoxy) is 4. The van der Waals surface area contributed by atoms with E-state index < -0.39 is 97.5 Å². The molecule has 0 saturated heterocycles. The number of hydrogen-bond acceptors (Lipinski definition) is 15. The molecule has 0 spiro atoms. The molecule has 0 saturated carbocycles. The number of esters is 4. The van der Waals surface area contributed by atoms with Gasteiger partial charge in [0.2, 0.25) is 0 Å². The van der Waals surface area contributed by atoms with Crippen LogP contribution in [0.3, 0.4) is 0 Å². The van der Waals surface area contributed by atoms with Crippen molar-refractivity contribution in [3.05, 3.63) is 0 Å². The summed E-state index contributed by atoms with van der Waals surface area (Å²) in [5.74, 6) is 0.129. The lowest BCUT2D eigenvalue weighted by molar-refractivity contribution is -0.161. The minimum Gasteiger partial charge on any atom is -0.462 e. The molecular formula is C65H126O17P2. The van der Waals surface area contributed by atoms with Gasteiger partial charge in [0.05, 0.1) is 26.4 Å². The molecule has 0 aliphatic heterocycles. The van der Waals surface area contributed by atoms with Crippen molar-refractivity contribution >= 4 is 39.5 Å². The van der Waals surface area contributed by atoms with Crippen molar-refractivity contribution in [2.45, 2.75) is 336 Å². The van der Waals surface area contributed by atoms with Crippen molar-refractivity contribution in [3.63, 3.8) is 0 Å². The van der Waals surface area contributed by atoms with E-state index in [1.807, 2.05) is 0 Å². The molecule has 0 bridgehead atoms. The van der Waals surface area contributed by atoms with Gasteiger partial charge >= 0.3 is 39.5 Å². The largest absolute Gasteiger partial charge is 0.472 e. The van der Waals surface area contributed by atoms with Crippen LogP contribution in [0.5, 0.6) is 0 Å². The summed E-state index contributed by atoms with van der Waals surface area (Å²) >= 11 is 0. The molecule has 0 heterocycles. The maximum Gasteiger partial charge on any atom is 0.472 e. The Morgan fingerprint density at radius 3 is 0.905 bits per heavy atom. The quantitative estimate of drug-likeness (QED) is 0.0222. The van der Waals surface area contributed by atoms with E-state index in [2.05, 4.69) is 48.5 Å². The second kappa shape index (κ2) is 56.3. The standard InChI is InChI=1S/C65H126O17P2/c1-8-11-12-13-14-24-32-39-46-62(67)75-53-61(82-65(70)49-42-35-28-27-31-38-45-58(7)10-3)55-80-84(73,74)78-51-59(66)50-77-83(71,72)79-54-60(52-76-63(68)47-40-33-25-21-17-18-22-29-36-43-56(4)5)81-64(69)48-41-34-26-20-16-15-19-23-30-37-44-57(6)9-2/h56-61,66H,8-55H2,1-7H3,(H,71,72)(H,73,74)/t57?,58?,59-,60-,61-/m1/s1. The highest BCUT2D eigenvalue weighted by Gasteiger charge is 2.30. The summed E-state index contributed by atoms with van der Waals surface area (Å²) in [6.45, 7) is 11.7. The summed E-state index contributed by atoms with van der Waals surface area (Å²) < 4.78 is 68.0. The molecule has 0 radical (unpaired) electrons. The first-order chi connectivity index (χ1) is 40.3. The Bertz CT molecular complexity index is 1670. The van der Waals surface area contributed by atoms with E-state index in [9.17, 15) is 43.2 Å². The zero-order valence-corrected chi connectivity index (χ0v) is 56.1. The van der Waals surface area contributed by atoms with Crippen LogP contribution in [0.4, 0.5) is 0 Å². The van der Waals surface area contributed by atoms with Gasteiger partial charge in [-0.1, -0.05) is 267 Å². The number of hydrogen-bond donors (Lipinski definition) is 3. The Kier molecular flexibility index (Phi) is 55.0. The number of aliphatic hydroxyl groups is 1. The first-order valence-corrected chi connectivity index (χ1v) is 36.9. The highest BCUT2D eigenvalue weighted by Crippen LogP contribution is 2.45. The van der Waals surface area contributed by atoms with Gasteiger partial charge in [-0.25, -0.2) is 9.13 Å². The number of aliphatic hydroxyl groups excluding tert-OH is 1. The summed E-state index contributed by atoms with van der Waals surface area (Å²) in [6.07, 6.45) is 37.6. The highest BCUT2D eigenvalue weighted by atomic mass is 31.2. The summed E-state index contributed by atoms with van der Waals surface area (Å²) in [7, 11) is -9.89. The van der Waals surface area contributed by atoms with Gasteiger partial charge in [0.15, 0.2) is 12.2 Å². The molecule has 0 aliphatic rings. The van der Waals surface area contributed by atoms with E-state index in [-0.39, 0.29) is 25.7 Å². The Morgan fingerprint density at radius 1 is 0.345 bits per heavy atom. The molecule has 0 amide bonds. The predicted octanol–water partition coefficient (Wildman–Crippen LogP) is 17.9. The molecule has 4 unspecified atom stereocenters. The van der Waals surface area contributed by atoms with Crippen LogP contribution in [0.1, 0.15) is 318 Å². The van der Waals surface area contributed by atoms with Crippen LogP contribution in [-0.2, 0) is 65.4 Å². The molecule has 0 aromatic heterocycles. The van der Waals surface area contributed by atoms with Gasteiger partial charge in [0.1, 0.15) is 19.3 Å². The summed E-state index contributed by atoms with van der Waals surface area (Å²) in [6, 6.07) is 0. The Labute approximate surface area is 511 Å². The molecule has 498 valence electrons. The van der Waals surface area contributed by atoms with Gasteiger partial charge in [0, 0.05) is 25.7 Å².